The molecule has 0 aliphatic heterocycles. The number of hydrogen-bond acceptors (Lipinski definition) is 4. The number of rotatable bonds is 6. The molecule has 130 valence electrons. The first kappa shape index (κ1) is 17.9. The summed E-state index contributed by atoms with van der Waals surface area (Å²) in [4.78, 5) is 24.0. The zero-order chi connectivity index (χ0) is 18.0. The van der Waals surface area contributed by atoms with Crippen molar-refractivity contribution in [2.24, 2.45) is 0 Å². The molecular formula is C15H12F5NO3. The molecule has 2 atom stereocenters. The quantitative estimate of drug-likeness (QED) is 0.125. The minimum atomic E-state index is -2.18. The first-order valence-electron chi connectivity index (χ1n) is 6.93. The van der Waals surface area contributed by atoms with Crippen LogP contribution in [0.5, 0.6) is 0 Å². The summed E-state index contributed by atoms with van der Waals surface area (Å²) >= 11 is 0. The number of halogens is 5. The fraction of sp³-hybridized carbons (Fsp3) is 0.333. The highest BCUT2D eigenvalue weighted by Crippen LogP contribution is 2.26. The molecule has 0 saturated heterocycles. The number of esters is 1. The Morgan fingerprint density at radius 1 is 1.25 bits per heavy atom. The molecule has 0 bridgehead atoms. The number of hydrogen-bond donors (Lipinski definition) is 1. The fourth-order valence-electron chi connectivity index (χ4n) is 1.84. The van der Waals surface area contributed by atoms with Gasteiger partial charge in [0, 0.05) is 12.6 Å². The van der Waals surface area contributed by atoms with Gasteiger partial charge in [-0.1, -0.05) is 0 Å². The predicted octanol–water partition coefficient (Wildman–Crippen LogP) is 2.57. The third-order valence-corrected chi connectivity index (χ3v) is 3.24. The maximum atomic E-state index is 13.7. The van der Waals surface area contributed by atoms with E-state index in [2.05, 4.69) is 10.1 Å². The third kappa shape index (κ3) is 3.55. The Hall–Kier alpha value is -2.45. The molecule has 1 aliphatic carbocycles. The maximum absolute atomic E-state index is 13.7. The van der Waals surface area contributed by atoms with Crippen molar-refractivity contribution in [2.75, 3.05) is 6.61 Å². The summed E-state index contributed by atoms with van der Waals surface area (Å²) in [5, 5.41) is 2.41. The smallest absolute Gasteiger partial charge is 0.343 e. The lowest BCUT2D eigenvalue weighted by Crippen LogP contribution is -2.22. The van der Waals surface area contributed by atoms with Gasteiger partial charge in [-0.25, -0.2) is 26.7 Å². The molecule has 0 spiro atoms. The number of carbonyl (C=O) groups excluding carboxylic acids is 2. The molecule has 1 aliphatic rings. The number of ketones is 1. The first-order valence-corrected chi connectivity index (χ1v) is 6.93. The van der Waals surface area contributed by atoms with Crippen molar-refractivity contribution < 1.29 is 36.3 Å². The summed E-state index contributed by atoms with van der Waals surface area (Å²) in [5.74, 6) is -10.6. The van der Waals surface area contributed by atoms with E-state index in [0.717, 1.165) is 6.20 Å². The Labute approximate surface area is 133 Å². The van der Waals surface area contributed by atoms with Gasteiger partial charge in [0.15, 0.2) is 23.3 Å². The molecular weight excluding hydrogens is 337 g/mol. The van der Waals surface area contributed by atoms with Crippen LogP contribution in [0, 0.1) is 23.3 Å². The molecule has 0 radical (unpaired) electrons. The molecule has 1 aromatic carbocycles. The van der Waals surface area contributed by atoms with Crippen LogP contribution in [0.25, 0.3) is 0 Å². The average molecular weight is 349 g/mol. The van der Waals surface area contributed by atoms with Crippen molar-refractivity contribution in [2.45, 2.75) is 25.6 Å². The molecule has 1 saturated carbocycles. The number of ether oxygens (including phenoxy) is 1. The molecule has 0 heterocycles. The van der Waals surface area contributed by atoms with E-state index in [9.17, 15) is 31.5 Å². The van der Waals surface area contributed by atoms with Gasteiger partial charge in [-0.05, 0) is 13.0 Å². The minimum Gasteiger partial charge on any atom is -0.462 e. The Bertz CT molecular complexity index is 720. The van der Waals surface area contributed by atoms with Crippen molar-refractivity contribution in [1.82, 2.24) is 5.32 Å². The summed E-state index contributed by atoms with van der Waals surface area (Å²) in [7, 11) is 0. The van der Waals surface area contributed by atoms with Crippen LogP contribution in [0.4, 0.5) is 22.0 Å². The van der Waals surface area contributed by atoms with Gasteiger partial charge in [0.05, 0.1) is 18.2 Å². The second kappa shape index (κ2) is 6.98. The number of carbonyl (C=O) groups is 2. The van der Waals surface area contributed by atoms with E-state index >= 15 is 0 Å². The van der Waals surface area contributed by atoms with Crippen LogP contribution in [0.2, 0.25) is 0 Å². The van der Waals surface area contributed by atoms with Crippen LogP contribution in [0.1, 0.15) is 23.7 Å². The van der Waals surface area contributed by atoms with Gasteiger partial charge in [-0.3, -0.25) is 4.79 Å². The Morgan fingerprint density at radius 3 is 2.42 bits per heavy atom. The van der Waals surface area contributed by atoms with Crippen LogP contribution in [0.3, 0.4) is 0 Å². The van der Waals surface area contributed by atoms with E-state index in [-0.39, 0.29) is 19.1 Å². The topological polar surface area (TPSA) is 55.4 Å². The normalized spacial score (nSPS) is 19.8. The Kier molecular flexibility index (Phi) is 5.20. The van der Waals surface area contributed by atoms with E-state index in [0.29, 0.717) is 0 Å². The van der Waals surface area contributed by atoms with Gasteiger partial charge < -0.3 is 10.1 Å². The van der Waals surface area contributed by atoms with Gasteiger partial charge in [0.1, 0.15) is 11.7 Å². The zero-order valence-electron chi connectivity index (χ0n) is 12.3. The van der Waals surface area contributed by atoms with Crippen molar-refractivity contribution in [3.05, 3.63) is 46.7 Å². The van der Waals surface area contributed by atoms with Crippen LogP contribution < -0.4 is 5.32 Å². The van der Waals surface area contributed by atoms with Crippen LogP contribution in [-0.4, -0.2) is 30.6 Å². The summed E-state index contributed by atoms with van der Waals surface area (Å²) < 4.78 is 70.6. The molecule has 2 rings (SSSR count). The molecule has 24 heavy (non-hydrogen) atoms. The highest BCUT2D eigenvalue weighted by Gasteiger charge is 2.37. The standard InChI is InChI=1S/C15H12F5NO3/c1-2-24-15(23)7(5-21-10-4-8(10)16)14(22)6-3-9(17)12(19)13(20)11(6)18/h3,5,8,10,21H,2,4H2,1H3/b7-5+. The summed E-state index contributed by atoms with van der Waals surface area (Å²) in [5.41, 5.74) is -1.97. The van der Waals surface area contributed by atoms with Gasteiger partial charge in [0.2, 0.25) is 5.78 Å². The Morgan fingerprint density at radius 2 is 1.88 bits per heavy atom. The molecule has 9 heteroatoms. The van der Waals surface area contributed by atoms with E-state index in [1.54, 1.807) is 0 Å². The highest BCUT2D eigenvalue weighted by atomic mass is 19.2. The fourth-order valence-corrected chi connectivity index (χ4v) is 1.84. The van der Waals surface area contributed by atoms with Crippen LogP contribution in [0.15, 0.2) is 17.8 Å². The van der Waals surface area contributed by atoms with Gasteiger partial charge >= 0.3 is 5.97 Å². The second-order valence-electron chi connectivity index (χ2n) is 4.98. The molecule has 1 N–H and O–H groups in total. The van der Waals surface area contributed by atoms with Gasteiger partial charge in [0.25, 0.3) is 0 Å². The predicted molar refractivity (Wildman–Crippen MR) is 71.8 cm³/mol. The number of alkyl halides is 1. The Balaban J connectivity index is 2.39. The largest absolute Gasteiger partial charge is 0.462 e. The zero-order valence-corrected chi connectivity index (χ0v) is 12.3. The lowest BCUT2D eigenvalue weighted by Gasteiger charge is -2.09. The van der Waals surface area contributed by atoms with Crippen molar-refractivity contribution in [1.29, 1.82) is 0 Å². The molecule has 0 aromatic heterocycles. The van der Waals surface area contributed by atoms with Crippen LogP contribution in [-0.2, 0) is 9.53 Å². The lowest BCUT2D eigenvalue weighted by atomic mass is 10.0. The molecule has 1 fully saturated rings. The van der Waals surface area contributed by atoms with Gasteiger partial charge in [-0.15, -0.1) is 0 Å². The molecule has 1 aromatic rings. The molecule has 4 nitrogen and oxygen atoms in total. The van der Waals surface area contributed by atoms with E-state index in [1.165, 1.54) is 6.92 Å². The lowest BCUT2D eigenvalue weighted by molar-refractivity contribution is -0.138. The summed E-state index contributed by atoms with van der Waals surface area (Å²) in [6.45, 7) is 1.30. The number of Topliss-reactive ketones (excluding diaryl/α,β-unsaturated/α-hetero) is 1. The van der Waals surface area contributed by atoms with E-state index in [4.69, 9.17) is 0 Å². The SMILES string of the molecule is CCOC(=O)/C(=C/NC1CC1F)C(=O)c1cc(F)c(F)c(F)c1F. The molecule has 0 amide bonds. The second-order valence-corrected chi connectivity index (χ2v) is 4.98. The first-order chi connectivity index (χ1) is 11.3. The van der Waals surface area contributed by atoms with Gasteiger partial charge in [-0.2, -0.15) is 0 Å². The van der Waals surface area contributed by atoms with Crippen molar-refractivity contribution in [3.8, 4) is 0 Å². The van der Waals surface area contributed by atoms with E-state index in [1.807, 2.05) is 0 Å². The maximum Gasteiger partial charge on any atom is 0.343 e. The number of benzene rings is 1. The van der Waals surface area contributed by atoms with Crippen molar-refractivity contribution in [3.63, 3.8) is 0 Å². The van der Waals surface area contributed by atoms with E-state index < -0.39 is 58.4 Å². The highest BCUT2D eigenvalue weighted by molar-refractivity contribution is 6.24. The summed E-state index contributed by atoms with van der Waals surface area (Å²) in [6, 6.07) is -0.494. The molecule has 2 unspecified atom stereocenters. The van der Waals surface area contributed by atoms with Crippen molar-refractivity contribution >= 4 is 11.8 Å². The number of nitrogens with one attached hydrogen (secondary N) is 1. The monoisotopic (exact) mass is 349 g/mol. The summed E-state index contributed by atoms with van der Waals surface area (Å²) in [6.07, 6.45) is -0.227. The minimum absolute atomic E-state index is 0.132. The third-order valence-electron chi connectivity index (χ3n) is 3.24. The van der Waals surface area contributed by atoms with Crippen LogP contribution >= 0.6 is 0 Å². The average Bonchev–Trinajstić information content (AvgIpc) is 3.24.